The maximum absolute atomic E-state index is 10.7. The summed E-state index contributed by atoms with van der Waals surface area (Å²) >= 11 is 0. The third kappa shape index (κ3) is 4.05. The minimum atomic E-state index is -0.973. The van der Waals surface area contributed by atoms with Crippen LogP contribution < -0.4 is 4.74 Å². The Bertz CT molecular complexity index is 388. The van der Waals surface area contributed by atoms with Crippen LogP contribution in [0.15, 0.2) is 18.2 Å². The largest absolute Gasteiger partial charge is 0.491 e. The molecule has 0 aliphatic heterocycles. The van der Waals surface area contributed by atoms with Gasteiger partial charge in [0.2, 0.25) is 0 Å². The van der Waals surface area contributed by atoms with Gasteiger partial charge < -0.3 is 19.7 Å². The van der Waals surface area contributed by atoms with Gasteiger partial charge in [0.1, 0.15) is 18.5 Å². The van der Waals surface area contributed by atoms with Crippen molar-refractivity contribution < 1.29 is 24.5 Å². The number of hydrogen-bond donors (Lipinski definition) is 2. The van der Waals surface area contributed by atoms with E-state index in [1.807, 2.05) is 0 Å². The molecule has 0 amide bonds. The predicted octanol–water partition coefficient (Wildman–Crippen LogP) is 1.08. The van der Waals surface area contributed by atoms with E-state index in [1.165, 1.54) is 19.2 Å². The molecular weight excluding hydrogens is 224 g/mol. The molecule has 17 heavy (non-hydrogen) atoms. The van der Waals surface area contributed by atoms with Crippen LogP contribution in [0.5, 0.6) is 5.75 Å². The molecule has 5 nitrogen and oxygen atoms in total. The van der Waals surface area contributed by atoms with Gasteiger partial charge in [-0.05, 0) is 30.7 Å². The molecule has 1 atom stereocenters. The number of aromatic carboxylic acids is 1. The summed E-state index contributed by atoms with van der Waals surface area (Å²) in [7, 11) is 1.50. The third-order valence-corrected chi connectivity index (χ3v) is 2.21. The van der Waals surface area contributed by atoms with E-state index >= 15 is 0 Å². The Balaban J connectivity index is 2.63. The summed E-state index contributed by atoms with van der Waals surface area (Å²) in [5, 5.41) is 18.2. The number of carbonyl (C=O) groups is 1. The molecule has 1 aromatic rings. The molecule has 0 heterocycles. The lowest BCUT2D eigenvalue weighted by molar-refractivity contribution is 0.0324. The summed E-state index contributed by atoms with van der Waals surface area (Å²) in [5.74, 6) is -0.413. The first kappa shape index (κ1) is 13.5. The summed E-state index contributed by atoms with van der Waals surface area (Å²) in [6.07, 6.45) is -0.696. The smallest absolute Gasteiger partial charge is 0.335 e. The highest BCUT2D eigenvalue weighted by Gasteiger charge is 2.08. The lowest BCUT2D eigenvalue weighted by atomic mass is 10.1. The van der Waals surface area contributed by atoms with Crippen molar-refractivity contribution in [2.24, 2.45) is 0 Å². The molecule has 0 aromatic heterocycles. The van der Waals surface area contributed by atoms with Crippen molar-refractivity contribution in [3.8, 4) is 5.75 Å². The standard InChI is InChI=1S/C12H16O5/c1-8-5-9(12(14)15)3-4-11(8)17-7-10(13)6-16-2/h3-5,10,13H,6-7H2,1-2H3,(H,14,15). The Morgan fingerprint density at radius 3 is 2.65 bits per heavy atom. The monoisotopic (exact) mass is 240 g/mol. The number of ether oxygens (including phenoxy) is 2. The van der Waals surface area contributed by atoms with Gasteiger partial charge in [-0.3, -0.25) is 0 Å². The second-order valence-corrected chi connectivity index (χ2v) is 3.71. The molecule has 0 spiro atoms. The van der Waals surface area contributed by atoms with E-state index in [9.17, 15) is 9.90 Å². The van der Waals surface area contributed by atoms with Crippen molar-refractivity contribution in [3.05, 3.63) is 29.3 Å². The molecule has 0 bridgehead atoms. The molecule has 0 fully saturated rings. The lowest BCUT2D eigenvalue weighted by Crippen LogP contribution is -2.22. The highest BCUT2D eigenvalue weighted by Crippen LogP contribution is 2.19. The summed E-state index contributed by atoms with van der Waals surface area (Å²) in [6, 6.07) is 4.58. The summed E-state index contributed by atoms with van der Waals surface area (Å²) in [6.45, 7) is 2.07. The lowest BCUT2D eigenvalue weighted by Gasteiger charge is -2.13. The van der Waals surface area contributed by atoms with Crippen LogP contribution in [0.3, 0.4) is 0 Å². The fourth-order valence-electron chi connectivity index (χ4n) is 1.37. The Morgan fingerprint density at radius 1 is 1.41 bits per heavy atom. The zero-order valence-electron chi connectivity index (χ0n) is 9.84. The topological polar surface area (TPSA) is 76.0 Å². The van der Waals surface area contributed by atoms with E-state index in [2.05, 4.69) is 0 Å². The molecule has 1 rings (SSSR count). The molecule has 0 saturated heterocycles. The second kappa shape index (κ2) is 6.22. The van der Waals surface area contributed by atoms with E-state index in [1.54, 1.807) is 13.0 Å². The SMILES string of the molecule is COCC(O)COc1ccc(C(=O)O)cc1C. The molecule has 0 aliphatic rings. The predicted molar refractivity (Wildman–Crippen MR) is 61.5 cm³/mol. The number of aliphatic hydroxyl groups excluding tert-OH is 1. The van der Waals surface area contributed by atoms with Crippen LogP contribution in [0.4, 0.5) is 0 Å². The van der Waals surface area contributed by atoms with Crippen molar-refractivity contribution in [2.75, 3.05) is 20.3 Å². The third-order valence-electron chi connectivity index (χ3n) is 2.21. The number of methoxy groups -OCH3 is 1. The van der Waals surface area contributed by atoms with Crippen LogP contribution in [-0.2, 0) is 4.74 Å². The van der Waals surface area contributed by atoms with E-state index in [0.29, 0.717) is 5.75 Å². The maximum Gasteiger partial charge on any atom is 0.335 e. The van der Waals surface area contributed by atoms with Gasteiger partial charge in [0.25, 0.3) is 0 Å². The van der Waals surface area contributed by atoms with E-state index in [-0.39, 0.29) is 18.8 Å². The maximum atomic E-state index is 10.7. The summed E-state index contributed by atoms with van der Waals surface area (Å²) in [5.41, 5.74) is 0.932. The van der Waals surface area contributed by atoms with Crippen LogP contribution in [0, 0.1) is 6.92 Å². The zero-order valence-corrected chi connectivity index (χ0v) is 9.84. The average molecular weight is 240 g/mol. The van der Waals surface area contributed by atoms with Gasteiger partial charge in [0.05, 0.1) is 12.2 Å². The van der Waals surface area contributed by atoms with Crippen LogP contribution in [0.1, 0.15) is 15.9 Å². The average Bonchev–Trinajstić information content (AvgIpc) is 2.27. The number of rotatable bonds is 6. The highest BCUT2D eigenvalue weighted by molar-refractivity contribution is 5.88. The molecule has 0 radical (unpaired) electrons. The molecule has 1 unspecified atom stereocenters. The minimum absolute atomic E-state index is 0.112. The van der Waals surface area contributed by atoms with Crippen LogP contribution in [-0.4, -0.2) is 42.6 Å². The van der Waals surface area contributed by atoms with Gasteiger partial charge in [0.15, 0.2) is 0 Å². The minimum Gasteiger partial charge on any atom is -0.491 e. The number of aryl methyl sites for hydroxylation is 1. The highest BCUT2D eigenvalue weighted by atomic mass is 16.5. The van der Waals surface area contributed by atoms with Crippen molar-refractivity contribution in [1.29, 1.82) is 0 Å². The molecule has 94 valence electrons. The zero-order chi connectivity index (χ0) is 12.8. The number of aliphatic hydroxyl groups is 1. The molecule has 0 aliphatic carbocycles. The number of carboxylic acids is 1. The first-order chi connectivity index (χ1) is 8.04. The quantitative estimate of drug-likeness (QED) is 0.778. The fraction of sp³-hybridized carbons (Fsp3) is 0.417. The van der Waals surface area contributed by atoms with Gasteiger partial charge in [0, 0.05) is 7.11 Å². The van der Waals surface area contributed by atoms with Crippen LogP contribution in [0.2, 0.25) is 0 Å². The van der Waals surface area contributed by atoms with Gasteiger partial charge >= 0.3 is 5.97 Å². The molecule has 0 saturated carbocycles. The van der Waals surface area contributed by atoms with Gasteiger partial charge in [-0.2, -0.15) is 0 Å². The van der Waals surface area contributed by atoms with Crippen molar-refractivity contribution in [2.45, 2.75) is 13.0 Å². The van der Waals surface area contributed by atoms with Gasteiger partial charge in [-0.15, -0.1) is 0 Å². The summed E-state index contributed by atoms with van der Waals surface area (Å²) in [4.78, 5) is 10.7. The molecular formula is C12H16O5. The van der Waals surface area contributed by atoms with Crippen LogP contribution in [0.25, 0.3) is 0 Å². The summed E-state index contributed by atoms with van der Waals surface area (Å²) < 4.78 is 10.1. The number of hydrogen-bond acceptors (Lipinski definition) is 4. The van der Waals surface area contributed by atoms with Crippen LogP contribution >= 0.6 is 0 Å². The van der Waals surface area contributed by atoms with Gasteiger partial charge in [-0.1, -0.05) is 0 Å². The molecule has 1 aromatic carbocycles. The fourth-order valence-corrected chi connectivity index (χ4v) is 1.37. The van der Waals surface area contributed by atoms with Gasteiger partial charge in [-0.25, -0.2) is 4.79 Å². The Hall–Kier alpha value is -1.59. The Morgan fingerprint density at radius 2 is 2.12 bits per heavy atom. The number of benzene rings is 1. The second-order valence-electron chi connectivity index (χ2n) is 3.71. The Kier molecular flexibility index (Phi) is 4.93. The van der Waals surface area contributed by atoms with E-state index < -0.39 is 12.1 Å². The first-order valence-corrected chi connectivity index (χ1v) is 5.18. The molecule has 2 N–H and O–H groups in total. The normalized spacial score (nSPS) is 12.2. The van der Waals surface area contributed by atoms with Crippen molar-refractivity contribution in [1.82, 2.24) is 0 Å². The first-order valence-electron chi connectivity index (χ1n) is 5.18. The van der Waals surface area contributed by atoms with E-state index in [0.717, 1.165) is 5.56 Å². The molecule has 5 heteroatoms. The van der Waals surface area contributed by atoms with Crippen molar-refractivity contribution >= 4 is 5.97 Å². The number of carboxylic acid groups (broad SMARTS) is 1. The van der Waals surface area contributed by atoms with E-state index in [4.69, 9.17) is 14.6 Å². The Labute approximate surface area is 99.6 Å². The van der Waals surface area contributed by atoms with Crippen molar-refractivity contribution in [3.63, 3.8) is 0 Å².